The summed E-state index contributed by atoms with van der Waals surface area (Å²) in [6.45, 7) is 0. The molecule has 0 aliphatic carbocycles. The Morgan fingerprint density at radius 1 is 1.17 bits per heavy atom. The molecule has 92 valence electrons. The molecular formula is C13H11NO4. The summed E-state index contributed by atoms with van der Waals surface area (Å²) in [6.07, 6.45) is 0. The quantitative estimate of drug-likeness (QED) is 0.666. The number of phenols is 1. The highest BCUT2D eigenvalue weighted by atomic mass is 16.6. The molecule has 0 aromatic heterocycles. The van der Waals surface area contributed by atoms with E-state index in [4.69, 9.17) is 4.74 Å². The van der Waals surface area contributed by atoms with Crippen LogP contribution < -0.4 is 4.74 Å². The molecule has 0 aliphatic heterocycles. The zero-order chi connectivity index (χ0) is 13.1. The number of non-ortho nitro benzene ring substituents is 1. The molecule has 0 fully saturated rings. The van der Waals surface area contributed by atoms with Crippen molar-refractivity contribution < 1.29 is 14.8 Å². The van der Waals surface area contributed by atoms with E-state index in [-0.39, 0.29) is 11.4 Å². The molecular weight excluding hydrogens is 234 g/mol. The number of ether oxygens (including phenoxy) is 1. The summed E-state index contributed by atoms with van der Waals surface area (Å²) in [4.78, 5) is 10.3. The van der Waals surface area contributed by atoms with Crippen LogP contribution in [0.4, 0.5) is 5.69 Å². The summed E-state index contributed by atoms with van der Waals surface area (Å²) in [5.41, 5.74) is 1.47. The number of nitro groups is 1. The van der Waals surface area contributed by atoms with Crippen LogP contribution in [0, 0.1) is 10.1 Å². The van der Waals surface area contributed by atoms with Gasteiger partial charge in [-0.3, -0.25) is 10.1 Å². The maximum atomic E-state index is 10.7. The van der Waals surface area contributed by atoms with Crippen LogP contribution in [0.5, 0.6) is 11.5 Å². The van der Waals surface area contributed by atoms with Gasteiger partial charge in [0.05, 0.1) is 12.0 Å². The highest BCUT2D eigenvalue weighted by molar-refractivity contribution is 5.69. The highest BCUT2D eigenvalue weighted by Gasteiger charge is 2.09. The fraction of sp³-hybridized carbons (Fsp3) is 0.0769. The topological polar surface area (TPSA) is 72.6 Å². The summed E-state index contributed by atoms with van der Waals surface area (Å²) < 4.78 is 5.00. The molecule has 1 N–H and O–H groups in total. The second-order valence-electron chi connectivity index (χ2n) is 3.69. The first kappa shape index (κ1) is 11.9. The maximum Gasteiger partial charge on any atom is 0.270 e. The van der Waals surface area contributed by atoms with Gasteiger partial charge in [-0.1, -0.05) is 18.2 Å². The van der Waals surface area contributed by atoms with Crippen molar-refractivity contribution in [1.82, 2.24) is 0 Å². The Morgan fingerprint density at radius 3 is 2.56 bits per heavy atom. The monoisotopic (exact) mass is 245 g/mol. The Balaban J connectivity index is 2.48. The summed E-state index contributed by atoms with van der Waals surface area (Å²) in [6, 6.07) is 11.1. The number of phenolic OH excluding ortho intramolecular Hbond substituents is 1. The average Bonchev–Trinajstić information content (AvgIpc) is 2.39. The average molecular weight is 245 g/mol. The predicted octanol–water partition coefficient (Wildman–Crippen LogP) is 2.98. The van der Waals surface area contributed by atoms with Gasteiger partial charge in [-0.15, -0.1) is 0 Å². The van der Waals surface area contributed by atoms with Gasteiger partial charge in [0.1, 0.15) is 0 Å². The van der Waals surface area contributed by atoms with Crippen LogP contribution in [-0.4, -0.2) is 17.1 Å². The highest BCUT2D eigenvalue weighted by Crippen LogP contribution is 2.32. The van der Waals surface area contributed by atoms with E-state index in [0.717, 1.165) is 5.56 Å². The number of hydrogen-bond acceptors (Lipinski definition) is 4. The minimum Gasteiger partial charge on any atom is -0.504 e. The number of benzene rings is 2. The smallest absolute Gasteiger partial charge is 0.270 e. The molecule has 0 spiro atoms. The molecule has 0 atom stereocenters. The number of nitro benzene ring substituents is 1. The van der Waals surface area contributed by atoms with Gasteiger partial charge in [-0.25, -0.2) is 0 Å². The molecule has 0 aliphatic rings. The number of nitrogens with zero attached hydrogens (tertiary/aromatic N) is 1. The van der Waals surface area contributed by atoms with E-state index < -0.39 is 4.92 Å². The van der Waals surface area contributed by atoms with Crippen LogP contribution in [0.25, 0.3) is 11.1 Å². The molecule has 0 bridgehead atoms. The van der Waals surface area contributed by atoms with Crippen LogP contribution in [0.1, 0.15) is 0 Å². The number of aromatic hydroxyl groups is 1. The van der Waals surface area contributed by atoms with Crippen molar-refractivity contribution >= 4 is 5.69 Å². The third-order valence-electron chi connectivity index (χ3n) is 2.57. The molecule has 0 amide bonds. The second-order valence-corrected chi connectivity index (χ2v) is 3.69. The molecule has 0 saturated carbocycles. The van der Waals surface area contributed by atoms with Crippen LogP contribution >= 0.6 is 0 Å². The third kappa shape index (κ3) is 2.24. The summed E-state index contributed by atoms with van der Waals surface area (Å²) >= 11 is 0. The van der Waals surface area contributed by atoms with Crippen LogP contribution in [0.15, 0.2) is 42.5 Å². The van der Waals surface area contributed by atoms with Gasteiger partial charge in [0.2, 0.25) is 0 Å². The summed E-state index contributed by atoms with van der Waals surface area (Å²) in [5, 5.41) is 20.2. The minimum atomic E-state index is -0.443. The first-order valence-electron chi connectivity index (χ1n) is 5.23. The van der Waals surface area contributed by atoms with Gasteiger partial charge in [0.25, 0.3) is 5.69 Å². The first-order valence-corrected chi connectivity index (χ1v) is 5.23. The van der Waals surface area contributed by atoms with Gasteiger partial charge in [-0.05, 0) is 23.3 Å². The molecule has 0 radical (unpaired) electrons. The van der Waals surface area contributed by atoms with E-state index in [2.05, 4.69) is 0 Å². The van der Waals surface area contributed by atoms with E-state index in [0.29, 0.717) is 11.3 Å². The van der Waals surface area contributed by atoms with E-state index >= 15 is 0 Å². The molecule has 0 saturated heterocycles. The van der Waals surface area contributed by atoms with Crippen molar-refractivity contribution in [2.75, 3.05) is 7.11 Å². The zero-order valence-electron chi connectivity index (χ0n) is 9.66. The molecule has 2 rings (SSSR count). The largest absolute Gasteiger partial charge is 0.504 e. The van der Waals surface area contributed by atoms with Crippen molar-refractivity contribution in [3.8, 4) is 22.6 Å². The number of methoxy groups -OCH3 is 1. The van der Waals surface area contributed by atoms with Crippen molar-refractivity contribution in [2.24, 2.45) is 0 Å². The Bertz CT molecular complexity index is 595. The maximum absolute atomic E-state index is 10.7. The van der Waals surface area contributed by atoms with Crippen LogP contribution in [-0.2, 0) is 0 Å². The van der Waals surface area contributed by atoms with Crippen molar-refractivity contribution in [3.63, 3.8) is 0 Å². The molecule has 5 nitrogen and oxygen atoms in total. The molecule has 2 aromatic rings. The Hall–Kier alpha value is -2.56. The lowest BCUT2D eigenvalue weighted by Gasteiger charge is -2.06. The lowest BCUT2D eigenvalue weighted by Crippen LogP contribution is -1.89. The minimum absolute atomic E-state index is 0.0274. The van der Waals surface area contributed by atoms with Gasteiger partial charge in [0, 0.05) is 12.1 Å². The fourth-order valence-corrected chi connectivity index (χ4v) is 1.66. The standard InChI is InChI=1S/C13H11NO4/c1-18-13-8-10(5-6-12(13)15)9-3-2-4-11(7-9)14(16)17/h2-8,15H,1H3. The Labute approximate surface area is 103 Å². The first-order chi connectivity index (χ1) is 8.61. The number of hydrogen-bond donors (Lipinski definition) is 1. The number of rotatable bonds is 3. The van der Waals surface area contributed by atoms with Crippen molar-refractivity contribution in [3.05, 3.63) is 52.6 Å². The normalized spacial score (nSPS) is 10.1. The van der Waals surface area contributed by atoms with Crippen molar-refractivity contribution in [2.45, 2.75) is 0 Å². The second kappa shape index (κ2) is 4.75. The van der Waals surface area contributed by atoms with E-state index in [1.165, 1.54) is 25.3 Å². The lowest BCUT2D eigenvalue weighted by molar-refractivity contribution is -0.384. The summed E-state index contributed by atoms with van der Waals surface area (Å²) in [5.74, 6) is 0.366. The van der Waals surface area contributed by atoms with E-state index in [9.17, 15) is 15.2 Å². The molecule has 18 heavy (non-hydrogen) atoms. The molecule has 0 heterocycles. The SMILES string of the molecule is COc1cc(-c2cccc([N+](=O)[O-])c2)ccc1O. The summed E-state index contributed by atoms with van der Waals surface area (Å²) in [7, 11) is 1.45. The van der Waals surface area contributed by atoms with Crippen LogP contribution in [0.3, 0.4) is 0 Å². The van der Waals surface area contributed by atoms with E-state index in [1.54, 1.807) is 24.3 Å². The third-order valence-corrected chi connectivity index (χ3v) is 2.57. The predicted molar refractivity (Wildman–Crippen MR) is 66.7 cm³/mol. The Kier molecular flexibility index (Phi) is 3.14. The van der Waals surface area contributed by atoms with Crippen LogP contribution in [0.2, 0.25) is 0 Å². The Morgan fingerprint density at radius 2 is 1.89 bits per heavy atom. The fourth-order valence-electron chi connectivity index (χ4n) is 1.66. The van der Waals surface area contributed by atoms with Crippen molar-refractivity contribution in [1.29, 1.82) is 0 Å². The molecule has 5 heteroatoms. The molecule has 0 unspecified atom stereocenters. The van der Waals surface area contributed by atoms with E-state index in [1.807, 2.05) is 0 Å². The van der Waals surface area contributed by atoms with Gasteiger partial charge < -0.3 is 9.84 Å². The van der Waals surface area contributed by atoms with Gasteiger partial charge in [0.15, 0.2) is 11.5 Å². The van der Waals surface area contributed by atoms with Gasteiger partial charge >= 0.3 is 0 Å². The van der Waals surface area contributed by atoms with Gasteiger partial charge in [-0.2, -0.15) is 0 Å². The zero-order valence-corrected chi connectivity index (χ0v) is 9.66. The molecule has 2 aromatic carbocycles. The lowest BCUT2D eigenvalue weighted by atomic mass is 10.0.